The third-order valence-corrected chi connectivity index (χ3v) is 2.56. The van der Waals surface area contributed by atoms with Gasteiger partial charge in [0.15, 0.2) is 0 Å². The van der Waals surface area contributed by atoms with Gasteiger partial charge in [-0.25, -0.2) is 0 Å². The summed E-state index contributed by atoms with van der Waals surface area (Å²) >= 11 is 0. The molecule has 1 heterocycles. The fourth-order valence-corrected chi connectivity index (χ4v) is 1.70. The molecule has 80 valence electrons. The van der Waals surface area contributed by atoms with Gasteiger partial charge in [0.1, 0.15) is 12.4 Å². The number of hydrogen-bond donors (Lipinski definition) is 0. The Labute approximate surface area is 91.2 Å². The van der Waals surface area contributed by atoms with E-state index in [4.69, 9.17) is 4.74 Å². The minimum atomic E-state index is 0.776. The summed E-state index contributed by atoms with van der Waals surface area (Å²) < 4.78 is 5.64. The molecule has 0 N–H and O–H groups in total. The van der Waals surface area contributed by atoms with E-state index in [2.05, 4.69) is 17.1 Å². The summed E-state index contributed by atoms with van der Waals surface area (Å²) in [5.41, 5.74) is 0. The molecule has 2 nitrogen and oxygen atoms in total. The average Bonchev–Trinajstić information content (AvgIpc) is 2.32. The molecule has 0 unspecified atom stereocenters. The molecule has 0 bridgehead atoms. The average molecular weight is 203 g/mol. The van der Waals surface area contributed by atoms with E-state index in [-0.39, 0.29) is 0 Å². The SMILES string of the molecule is C1=CCN(CCOc2ccccc2)CC1. The van der Waals surface area contributed by atoms with Crippen LogP contribution in [0.1, 0.15) is 6.42 Å². The molecule has 0 aromatic heterocycles. The van der Waals surface area contributed by atoms with E-state index in [0.29, 0.717) is 0 Å². The Balaban J connectivity index is 1.68. The van der Waals surface area contributed by atoms with Crippen LogP contribution < -0.4 is 4.74 Å². The van der Waals surface area contributed by atoms with E-state index in [1.165, 1.54) is 6.42 Å². The van der Waals surface area contributed by atoms with Crippen LogP contribution in [0.2, 0.25) is 0 Å². The van der Waals surface area contributed by atoms with E-state index in [0.717, 1.165) is 32.0 Å². The van der Waals surface area contributed by atoms with E-state index < -0.39 is 0 Å². The molecule has 0 fully saturated rings. The normalized spacial score (nSPS) is 16.5. The number of benzene rings is 1. The van der Waals surface area contributed by atoms with Gasteiger partial charge in [0.25, 0.3) is 0 Å². The topological polar surface area (TPSA) is 12.5 Å². The van der Waals surface area contributed by atoms with E-state index >= 15 is 0 Å². The second-order valence-electron chi connectivity index (χ2n) is 3.72. The summed E-state index contributed by atoms with van der Waals surface area (Å²) in [5, 5.41) is 0. The van der Waals surface area contributed by atoms with Crippen molar-refractivity contribution in [3.63, 3.8) is 0 Å². The van der Waals surface area contributed by atoms with Crippen molar-refractivity contribution in [3.8, 4) is 5.75 Å². The lowest BCUT2D eigenvalue weighted by molar-refractivity contribution is 0.221. The number of ether oxygens (including phenoxy) is 1. The van der Waals surface area contributed by atoms with Gasteiger partial charge in [0.2, 0.25) is 0 Å². The first-order valence-electron chi connectivity index (χ1n) is 5.50. The summed E-state index contributed by atoms with van der Waals surface area (Å²) in [7, 11) is 0. The molecule has 0 spiro atoms. The Morgan fingerprint density at radius 3 is 2.73 bits per heavy atom. The maximum absolute atomic E-state index is 5.64. The van der Waals surface area contributed by atoms with Gasteiger partial charge in [-0.1, -0.05) is 30.4 Å². The lowest BCUT2D eigenvalue weighted by Gasteiger charge is -2.22. The van der Waals surface area contributed by atoms with Crippen LogP contribution in [-0.2, 0) is 0 Å². The molecule has 0 atom stereocenters. The Kier molecular flexibility index (Phi) is 3.80. The smallest absolute Gasteiger partial charge is 0.119 e. The molecule has 1 aromatic rings. The molecular weight excluding hydrogens is 186 g/mol. The zero-order valence-corrected chi connectivity index (χ0v) is 8.93. The van der Waals surface area contributed by atoms with Gasteiger partial charge in [-0.15, -0.1) is 0 Å². The van der Waals surface area contributed by atoms with Crippen molar-refractivity contribution in [2.75, 3.05) is 26.2 Å². The highest BCUT2D eigenvalue weighted by molar-refractivity contribution is 5.20. The maximum Gasteiger partial charge on any atom is 0.119 e. The largest absolute Gasteiger partial charge is 0.492 e. The van der Waals surface area contributed by atoms with Crippen LogP contribution in [0.25, 0.3) is 0 Å². The summed E-state index contributed by atoms with van der Waals surface area (Å²) in [4.78, 5) is 2.41. The highest BCUT2D eigenvalue weighted by atomic mass is 16.5. The predicted molar refractivity (Wildman–Crippen MR) is 62.1 cm³/mol. The van der Waals surface area contributed by atoms with Gasteiger partial charge in [0, 0.05) is 19.6 Å². The van der Waals surface area contributed by atoms with Crippen LogP contribution >= 0.6 is 0 Å². The highest BCUT2D eigenvalue weighted by Crippen LogP contribution is 2.08. The molecule has 0 saturated carbocycles. The van der Waals surface area contributed by atoms with Gasteiger partial charge >= 0.3 is 0 Å². The summed E-state index contributed by atoms with van der Waals surface area (Å²) in [6.07, 6.45) is 5.64. The quantitative estimate of drug-likeness (QED) is 0.696. The molecular formula is C13H17NO. The van der Waals surface area contributed by atoms with Crippen molar-refractivity contribution >= 4 is 0 Å². The first-order valence-corrected chi connectivity index (χ1v) is 5.50. The van der Waals surface area contributed by atoms with E-state index in [1.54, 1.807) is 0 Å². The van der Waals surface area contributed by atoms with Gasteiger partial charge in [-0.2, -0.15) is 0 Å². The highest BCUT2D eigenvalue weighted by Gasteiger charge is 2.05. The van der Waals surface area contributed by atoms with Gasteiger partial charge in [-0.05, 0) is 18.6 Å². The van der Waals surface area contributed by atoms with Crippen LogP contribution in [0, 0.1) is 0 Å². The first kappa shape index (κ1) is 10.2. The van der Waals surface area contributed by atoms with Crippen molar-refractivity contribution in [2.45, 2.75) is 6.42 Å². The molecule has 0 saturated heterocycles. The summed E-state index contributed by atoms with van der Waals surface area (Å²) in [6.45, 7) is 4.02. The summed E-state index contributed by atoms with van der Waals surface area (Å²) in [5.74, 6) is 0.963. The Morgan fingerprint density at radius 1 is 1.13 bits per heavy atom. The molecule has 2 heteroatoms. The van der Waals surface area contributed by atoms with Gasteiger partial charge < -0.3 is 4.74 Å². The van der Waals surface area contributed by atoms with Crippen LogP contribution in [-0.4, -0.2) is 31.1 Å². The number of para-hydroxylation sites is 1. The molecule has 0 radical (unpaired) electrons. The molecule has 1 aliphatic heterocycles. The van der Waals surface area contributed by atoms with Crippen molar-refractivity contribution in [1.82, 2.24) is 4.90 Å². The number of nitrogens with zero attached hydrogens (tertiary/aromatic N) is 1. The van der Waals surface area contributed by atoms with Crippen molar-refractivity contribution in [3.05, 3.63) is 42.5 Å². The van der Waals surface area contributed by atoms with Crippen molar-refractivity contribution in [2.24, 2.45) is 0 Å². The first-order chi connectivity index (χ1) is 7.45. The number of hydrogen-bond acceptors (Lipinski definition) is 2. The van der Waals surface area contributed by atoms with Gasteiger partial charge in [0.05, 0.1) is 0 Å². The van der Waals surface area contributed by atoms with Crippen LogP contribution in [0.4, 0.5) is 0 Å². The van der Waals surface area contributed by atoms with Crippen LogP contribution in [0.15, 0.2) is 42.5 Å². The zero-order valence-electron chi connectivity index (χ0n) is 8.93. The molecule has 0 aliphatic carbocycles. The number of rotatable bonds is 4. The Hall–Kier alpha value is -1.28. The Bertz CT molecular complexity index is 308. The van der Waals surface area contributed by atoms with Crippen molar-refractivity contribution < 1.29 is 4.74 Å². The molecule has 15 heavy (non-hydrogen) atoms. The third kappa shape index (κ3) is 3.40. The minimum Gasteiger partial charge on any atom is -0.492 e. The van der Waals surface area contributed by atoms with E-state index in [9.17, 15) is 0 Å². The Morgan fingerprint density at radius 2 is 2.00 bits per heavy atom. The van der Waals surface area contributed by atoms with Crippen LogP contribution in [0.5, 0.6) is 5.75 Å². The predicted octanol–water partition coefficient (Wildman–Crippen LogP) is 2.33. The zero-order chi connectivity index (χ0) is 10.3. The lowest BCUT2D eigenvalue weighted by Crippen LogP contribution is -2.31. The maximum atomic E-state index is 5.64. The molecule has 0 amide bonds. The minimum absolute atomic E-state index is 0.776. The molecule has 1 aliphatic rings. The lowest BCUT2D eigenvalue weighted by atomic mass is 10.2. The van der Waals surface area contributed by atoms with Crippen molar-refractivity contribution in [1.29, 1.82) is 0 Å². The summed E-state index contributed by atoms with van der Waals surface area (Å²) in [6, 6.07) is 9.99. The third-order valence-electron chi connectivity index (χ3n) is 2.56. The molecule has 2 rings (SSSR count). The fraction of sp³-hybridized carbons (Fsp3) is 0.385. The van der Waals surface area contributed by atoms with E-state index in [1.807, 2.05) is 30.3 Å². The second kappa shape index (κ2) is 5.56. The van der Waals surface area contributed by atoms with Crippen LogP contribution in [0.3, 0.4) is 0 Å². The monoisotopic (exact) mass is 203 g/mol. The molecule has 1 aromatic carbocycles. The second-order valence-corrected chi connectivity index (χ2v) is 3.72. The van der Waals surface area contributed by atoms with Gasteiger partial charge in [-0.3, -0.25) is 4.90 Å². The standard InChI is InChI=1S/C13H17NO/c1-3-7-13(8-4-1)15-12-11-14-9-5-2-6-10-14/h1-5,7-8H,6,9-12H2. The fourth-order valence-electron chi connectivity index (χ4n) is 1.70.